The van der Waals surface area contributed by atoms with Gasteiger partial charge in [-0.15, -0.1) is 11.3 Å². The fraction of sp³-hybridized carbons (Fsp3) is 0.444. The minimum absolute atomic E-state index is 0.234. The van der Waals surface area contributed by atoms with Gasteiger partial charge >= 0.3 is 0 Å². The zero-order valence-corrected chi connectivity index (χ0v) is 14.8. The van der Waals surface area contributed by atoms with Crippen LogP contribution in [0.2, 0.25) is 0 Å². The molecule has 0 saturated carbocycles. The van der Waals surface area contributed by atoms with E-state index in [0.717, 1.165) is 31.2 Å². The van der Waals surface area contributed by atoms with Crippen molar-refractivity contribution in [1.82, 2.24) is 0 Å². The summed E-state index contributed by atoms with van der Waals surface area (Å²) >= 11 is 1.48. The number of fused-ring (bicyclic) bond motifs is 1. The van der Waals surface area contributed by atoms with Crippen molar-refractivity contribution >= 4 is 28.2 Å². The van der Waals surface area contributed by atoms with Crippen LogP contribution in [0.15, 0.2) is 16.5 Å². The first-order valence-electron chi connectivity index (χ1n) is 8.31. The molecule has 24 heavy (non-hydrogen) atoms. The Balaban J connectivity index is 1.88. The molecule has 0 unspecified atom stereocenters. The van der Waals surface area contributed by atoms with Crippen molar-refractivity contribution < 1.29 is 14.0 Å². The highest BCUT2D eigenvalue weighted by Gasteiger charge is 2.28. The summed E-state index contributed by atoms with van der Waals surface area (Å²) in [5.41, 5.74) is 7.08. The SMILES string of the molecule is CCC[C@@H]1CCc2c(sc(NC(=O)c3ccc(C)o3)c2C(N)=O)C1. The number of aryl methyl sites for hydroxylation is 1. The lowest BCUT2D eigenvalue weighted by atomic mass is 9.84. The molecule has 3 rings (SSSR count). The van der Waals surface area contributed by atoms with Crippen molar-refractivity contribution in [3.05, 3.63) is 39.7 Å². The molecular formula is C18H22N2O3S. The van der Waals surface area contributed by atoms with Crippen LogP contribution in [-0.2, 0) is 12.8 Å². The van der Waals surface area contributed by atoms with E-state index in [4.69, 9.17) is 10.2 Å². The molecule has 1 atom stereocenters. The number of hydrogen-bond acceptors (Lipinski definition) is 4. The maximum Gasteiger partial charge on any atom is 0.291 e. The molecular weight excluding hydrogens is 324 g/mol. The summed E-state index contributed by atoms with van der Waals surface area (Å²) in [7, 11) is 0. The quantitative estimate of drug-likeness (QED) is 0.861. The van der Waals surface area contributed by atoms with Crippen LogP contribution in [0.4, 0.5) is 5.00 Å². The van der Waals surface area contributed by atoms with Gasteiger partial charge in [-0.05, 0) is 49.8 Å². The molecule has 0 radical (unpaired) electrons. The van der Waals surface area contributed by atoms with Gasteiger partial charge in [-0.3, -0.25) is 9.59 Å². The van der Waals surface area contributed by atoms with E-state index in [2.05, 4.69) is 12.2 Å². The van der Waals surface area contributed by atoms with Crippen LogP contribution in [0.25, 0.3) is 0 Å². The third kappa shape index (κ3) is 3.24. The monoisotopic (exact) mass is 346 g/mol. The van der Waals surface area contributed by atoms with Gasteiger partial charge < -0.3 is 15.5 Å². The molecule has 2 aromatic rings. The highest BCUT2D eigenvalue weighted by atomic mass is 32.1. The number of furan rings is 1. The second-order valence-electron chi connectivity index (χ2n) is 6.33. The highest BCUT2D eigenvalue weighted by molar-refractivity contribution is 7.17. The highest BCUT2D eigenvalue weighted by Crippen LogP contribution is 2.40. The summed E-state index contributed by atoms with van der Waals surface area (Å²) in [5.74, 6) is 0.723. The number of rotatable bonds is 5. The minimum atomic E-state index is -0.479. The van der Waals surface area contributed by atoms with E-state index in [1.807, 2.05) is 0 Å². The van der Waals surface area contributed by atoms with E-state index >= 15 is 0 Å². The number of carbonyl (C=O) groups excluding carboxylic acids is 2. The molecule has 0 aromatic carbocycles. The molecule has 0 spiro atoms. The number of carbonyl (C=O) groups is 2. The molecule has 0 aliphatic heterocycles. The van der Waals surface area contributed by atoms with Crippen LogP contribution >= 0.6 is 11.3 Å². The largest absolute Gasteiger partial charge is 0.456 e. The fourth-order valence-corrected chi connectivity index (χ4v) is 4.74. The van der Waals surface area contributed by atoms with Gasteiger partial charge in [-0.25, -0.2) is 0 Å². The van der Waals surface area contributed by atoms with E-state index in [9.17, 15) is 9.59 Å². The normalized spacial score (nSPS) is 16.7. The Morgan fingerprint density at radius 3 is 2.83 bits per heavy atom. The van der Waals surface area contributed by atoms with Gasteiger partial charge in [-0.1, -0.05) is 19.8 Å². The van der Waals surface area contributed by atoms with E-state index < -0.39 is 5.91 Å². The first kappa shape index (κ1) is 16.8. The molecule has 1 aliphatic rings. The average molecular weight is 346 g/mol. The lowest BCUT2D eigenvalue weighted by molar-refractivity contribution is 0.0996. The number of hydrogen-bond donors (Lipinski definition) is 2. The Kier molecular flexibility index (Phi) is 4.76. The zero-order chi connectivity index (χ0) is 17.3. The van der Waals surface area contributed by atoms with Gasteiger partial charge in [0, 0.05) is 4.88 Å². The van der Waals surface area contributed by atoms with Gasteiger partial charge in [0.15, 0.2) is 5.76 Å². The Bertz CT molecular complexity index is 775. The summed E-state index contributed by atoms with van der Waals surface area (Å²) in [6.07, 6.45) is 5.24. The fourth-order valence-electron chi connectivity index (χ4n) is 3.38. The molecule has 6 heteroatoms. The molecule has 0 bridgehead atoms. The van der Waals surface area contributed by atoms with Gasteiger partial charge in [0.1, 0.15) is 10.8 Å². The lowest BCUT2D eigenvalue weighted by Crippen LogP contribution is -2.19. The van der Waals surface area contributed by atoms with Gasteiger partial charge in [0.25, 0.3) is 11.8 Å². The summed E-state index contributed by atoms with van der Waals surface area (Å²) in [4.78, 5) is 25.4. The topological polar surface area (TPSA) is 85.3 Å². The first-order chi connectivity index (χ1) is 11.5. The van der Waals surface area contributed by atoms with Crippen molar-refractivity contribution in [2.75, 3.05) is 5.32 Å². The predicted molar refractivity (Wildman–Crippen MR) is 94.7 cm³/mol. The van der Waals surface area contributed by atoms with Crippen LogP contribution < -0.4 is 11.1 Å². The molecule has 1 aliphatic carbocycles. The molecule has 5 nitrogen and oxygen atoms in total. The number of primary amides is 1. The average Bonchev–Trinajstić information content (AvgIpc) is 3.10. The van der Waals surface area contributed by atoms with Crippen molar-refractivity contribution in [1.29, 1.82) is 0 Å². The van der Waals surface area contributed by atoms with Crippen molar-refractivity contribution in [3.63, 3.8) is 0 Å². The van der Waals surface area contributed by atoms with Gasteiger partial charge in [-0.2, -0.15) is 0 Å². The van der Waals surface area contributed by atoms with Crippen LogP contribution in [0.5, 0.6) is 0 Å². The number of thiophene rings is 1. The Morgan fingerprint density at radius 2 is 2.21 bits per heavy atom. The Morgan fingerprint density at radius 1 is 1.42 bits per heavy atom. The third-order valence-corrected chi connectivity index (χ3v) is 5.67. The standard InChI is InChI=1S/C18H22N2O3S/c1-3-4-11-6-7-12-14(9-11)24-18(15(12)16(19)21)20-17(22)13-8-5-10(2)23-13/h5,8,11H,3-4,6-7,9H2,1-2H3,(H2,19,21)(H,20,22)/t11-/m1/s1. The first-order valence-corrected chi connectivity index (χ1v) is 9.13. The predicted octanol–water partition coefficient (Wildman–Crippen LogP) is 3.91. The zero-order valence-electron chi connectivity index (χ0n) is 14.0. The Hall–Kier alpha value is -2.08. The molecule has 0 saturated heterocycles. The van der Waals surface area contributed by atoms with E-state index in [1.165, 1.54) is 22.6 Å². The smallest absolute Gasteiger partial charge is 0.291 e. The molecule has 2 aromatic heterocycles. The second-order valence-corrected chi connectivity index (χ2v) is 7.44. The number of anilines is 1. The van der Waals surface area contributed by atoms with Crippen LogP contribution in [-0.4, -0.2) is 11.8 Å². The van der Waals surface area contributed by atoms with Crippen LogP contribution in [0.3, 0.4) is 0 Å². The summed E-state index contributed by atoms with van der Waals surface area (Å²) < 4.78 is 5.35. The molecule has 128 valence electrons. The molecule has 2 heterocycles. The van der Waals surface area contributed by atoms with E-state index in [1.54, 1.807) is 19.1 Å². The second kappa shape index (κ2) is 6.81. The molecule has 3 N–H and O–H groups in total. The maximum absolute atomic E-state index is 12.3. The third-order valence-electron chi connectivity index (χ3n) is 4.50. The van der Waals surface area contributed by atoms with Gasteiger partial charge in [0.05, 0.1) is 5.56 Å². The molecule has 0 fully saturated rings. The van der Waals surface area contributed by atoms with Crippen LogP contribution in [0, 0.1) is 12.8 Å². The number of nitrogens with one attached hydrogen (secondary N) is 1. The lowest BCUT2D eigenvalue weighted by Gasteiger charge is -2.21. The van der Waals surface area contributed by atoms with Crippen molar-refractivity contribution in [2.24, 2.45) is 11.7 Å². The van der Waals surface area contributed by atoms with E-state index in [0.29, 0.717) is 22.2 Å². The van der Waals surface area contributed by atoms with Crippen molar-refractivity contribution in [3.8, 4) is 0 Å². The minimum Gasteiger partial charge on any atom is -0.456 e. The molecule has 2 amide bonds. The number of amides is 2. The summed E-state index contributed by atoms with van der Waals surface area (Å²) in [6.45, 7) is 3.97. The number of nitrogens with two attached hydrogens (primary N) is 1. The van der Waals surface area contributed by atoms with Crippen molar-refractivity contribution in [2.45, 2.75) is 46.0 Å². The maximum atomic E-state index is 12.3. The van der Waals surface area contributed by atoms with Crippen LogP contribution in [0.1, 0.15) is 63.3 Å². The van der Waals surface area contributed by atoms with Gasteiger partial charge in [0.2, 0.25) is 0 Å². The summed E-state index contributed by atoms with van der Waals surface area (Å²) in [5, 5.41) is 3.36. The Labute approximate surface area is 145 Å². The van der Waals surface area contributed by atoms with E-state index in [-0.39, 0.29) is 11.7 Å². The summed E-state index contributed by atoms with van der Waals surface area (Å²) in [6, 6.07) is 3.36.